The number of hydrogen-bond donors (Lipinski definition) is 1. The average molecular weight is 216 g/mol. The minimum Gasteiger partial charge on any atom is -0.478 e. The first-order valence-corrected chi connectivity index (χ1v) is 5.49. The van der Waals surface area contributed by atoms with Crippen LogP contribution in [0.15, 0.2) is 27.7 Å². The molecule has 6 heteroatoms. The maximum Gasteiger partial charge on any atom is 0.328 e. The van der Waals surface area contributed by atoms with Crippen LogP contribution in [0, 0.1) is 0 Å². The Bertz CT molecular complexity index is 466. The second-order valence-electron chi connectivity index (χ2n) is 2.60. The van der Waals surface area contributed by atoms with E-state index in [4.69, 9.17) is 9.52 Å². The van der Waals surface area contributed by atoms with Crippen molar-refractivity contribution in [1.82, 2.24) is 0 Å². The van der Waals surface area contributed by atoms with Gasteiger partial charge < -0.3 is 9.52 Å². The Kier molecular flexibility index (Phi) is 2.76. The Labute approximate surface area is 80.6 Å². The topological polar surface area (TPSA) is 84.6 Å². The smallest absolute Gasteiger partial charge is 0.328 e. The zero-order chi connectivity index (χ0) is 10.8. The predicted molar refractivity (Wildman–Crippen MR) is 48.5 cm³/mol. The summed E-state index contributed by atoms with van der Waals surface area (Å²) in [4.78, 5) is 10.1. The molecule has 0 saturated carbocycles. The second-order valence-corrected chi connectivity index (χ2v) is 4.55. The summed E-state index contributed by atoms with van der Waals surface area (Å²) in [6, 6.07) is 2.66. The first-order valence-electron chi connectivity index (χ1n) is 3.60. The first kappa shape index (κ1) is 10.5. The SMILES string of the molecule is CS(=O)(=O)c1ccc(C=CC(=O)O)o1. The van der Waals surface area contributed by atoms with Crippen LogP contribution in [-0.4, -0.2) is 25.7 Å². The minimum atomic E-state index is -3.37. The molecule has 0 aromatic carbocycles. The normalized spacial score (nSPS) is 12.1. The van der Waals surface area contributed by atoms with Crippen molar-refractivity contribution < 1.29 is 22.7 Å². The monoisotopic (exact) mass is 216 g/mol. The Morgan fingerprint density at radius 1 is 1.50 bits per heavy atom. The van der Waals surface area contributed by atoms with Crippen molar-refractivity contribution in [3.05, 3.63) is 24.0 Å². The third kappa shape index (κ3) is 2.74. The van der Waals surface area contributed by atoms with Crippen LogP contribution in [0.3, 0.4) is 0 Å². The molecule has 0 saturated heterocycles. The van der Waals surface area contributed by atoms with E-state index >= 15 is 0 Å². The van der Waals surface area contributed by atoms with Crippen LogP contribution >= 0.6 is 0 Å². The lowest BCUT2D eigenvalue weighted by Crippen LogP contribution is -1.93. The largest absolute Gasteiger partial charge is 0.478 e. The molecule has 1 rings (SSSR count). The van der Waals surface area contributed by atoms with Crippen LogP contribution < -0.4 is 0 Å². The molecule has 0 aliphatic heterocycles. The van der Waals surface area contributed by atoms with E-state index < -0.39 is 15.8 Å². The number of furan rings is 1. The third-order valence-corrected chi connectivity index (χ3v) is 2.31. The van der Waals surface area contributed by atoms with Gasteiger partial charge in [0.1, 0.15) is 5.76 Å². The summed E-state index contributed by atoms with van der Waals surface area (Å²) in [6.07, 6.45) is 3.05. The fraction of sp³-hybridized carbons (Fsp3) is 0.125. The van der Waals surface area contributed by atoms with Gasteiger partial charge >= 0.3 is 5.97 Å². The highest BCUT2D eigenvalue weighted by Gasteiger charge is 2.11. The van der Waals surface area contributed by atoms with Crippen molar-refractivity contribution in [1.29, 1.82) is 0 Å². The Balaban J connectivity index is 2.95. The minimum absolute atomic E-state index is 0.178. The predicted octanol–water partition coefficient (Wildman–Crippen LogP) is 0.781. The van der Waals surface area contributed by atoms with Crippen LogP contribution in [0.25, 0.3) is 6.08 Å². The molecule has 0 atom stereocenters. The van der Waals surface area contributed by atoms with Gasteiger partial charge in [0, 0.05) is 12.3 Å². The molecule has 76 valence electrons. The van der Waals surface area contributed by atoms with Crippen molar-refractivity contribution in [3.63, 3.8) is 0 Å². The number of carboxylic acid groups (broad SMARTS) is 1. The van der Waals surface area contributed by atoms with E-state index in [1.165, 1.54) is 18.2 Å². The molecule has 1 heterocycles. The summed E-state index contributed by atoms with van der Waals surface area (Å²) in [5.74, 6) is -0.935. The summed E-state index contributed by atoms with van der Waals surface area (Å²) in [6.45, 7) is 0. The lowest BCUT2D eigenvalue weighted by molar-refractivity contribution is -0.131. The molecule has 0 radical (unpaired) electrons. The van der Waals surface area contributed by atoms with Gasteiger partial charge in [-0.1, -0.05) is 0 Å². The summed E-state index contributed by atoms with van der Waals surface area (Å²) in [5, 5.41) is 8.12. The van der Waals surface area contributed by atoms with E-state index in [2.05, 4.69) is 0 Å². The highest BCUT2D eigenvalue weighted by Crippen LogP contribution is 2.14. The molecule has 0 unspecified atom stereocenters. The van der Waals surface area contributed by atoms with Gasteiger partial charge in [0.25, 0.3) is 0 Å². The Morgan fingerprint density at radius 3 is 2.57 bits per heavy atom. The zero-order valence-corrected chi connectivity index (χ0v) is 8.11. The number of aliphatic carboxylic acids is 1. The van der Waals surface area contributed by atoms with Gasteiger partial charge in [-0.2, -0.15) is 0 Å². The van der Waals surface area contributed by atoms with Crippen LogP contribution in [-0.2, 0) is 14.6 Å². The average Bonchev–Trinajstić information content (AvgIpc) is 2.47. The quantitative estimate of drug-likeness (QED) is 0.755. The summed E-state index contributed by atoms with van der Waals surface area (Å²) < 4.78 is 26.8. The van der Waals surface area contributed by atoms with Crippen LogP contribution in [0.1, 0.15) is 5.76 Å². The maximum atomic E-state index is 11.0. The van der Waals surface area contributed by atoms with Crippen molar-refractivity contribution in [2.45, 2.75) is 5.09 Å². The van der Waals surface area contributed by atoms with Gasteiger partial charge in [0.2, 0.25) is 14.9 Å². The standard InChI is InChI=1S/C8H8O5S/c1-14(11,12)8-5-3-6(13-8)2-4-7(9)10/h2-5H,1H3,(H,9,10). The van der Waals surface area contributed by atoms with E-state index in [1.54, 1.807) is 0 Å². The molecule has 5 nitrogen and oxygen atoms in total. The summed E-state index contributed by atoms with van der Waals surface area (Å²) in [7, 11) is -3.37. The highest BCUT2D eigenvalue weighted by atomic mass is 32.2. The van der Waals surface area contributed by atoms with Crippen molar-refractivity contribution in [2.24, 2.45) is 0 Å². The molecule has 0 bridgehead atoms. The highest BCUT2D eigenvalue weighted by molar-refractivity contribution is 7.90. The van der Waals surface area contributed by atoms with E-state index in [0.717, 1.165) is 12.3 Å². The van der Waals surface area contributed by atoms with Gasteiger partial charge in [0.15, 0.2) is 0 Å². The van der Waals surface area contributed by atoms with Crippen LogP contribution in [0.5, 0.6) is 0 Å². The molecule has 0 fully saturated rings. The molecular formula is C8H8O5S. The molecule has 0 amide bonds. The first-order chi connectivity index (χ1) is 6.39. The fourth-order valence-corrected chi connectivity index (χ4v) is 1.34. The number of hydrogen-bond acceptors (Lipinski definition) is 4. The second kappa shape index (κ2) is 3.67. The third-order valence-electron chi connectivity index (χ3n) is 1.36. The van der Waals surface area contributed by atoms with Crippen molar-refractivity contribution in [2.75, 3.05) is 6.26 Å². The lowest BCUT2D eigenvalue weighted by atomic mass is 10.4. The Hall–Kier alpha value is -1.56. The van der Waals surface area contributed by atoms with Gasteiger partial charge in [-0.15, -0.1) is 0 Å². The lowest BCUT2D eigenvalue weighted by Gasteiger charge is -1.89. The molecule has 1 aromatic heterocycles. The zero-order valence-electron chi connectivity index (χ0n) is 7.30. The number of carbonyl (C=O) groups is 1. The van der Waals surface area contributed by atoms with E-state index in [-0.39, 0.29) is 10.9 Å². The molecule has 14 heavy (non-hydrogen) atoms. The summed E-state index contributed by atoms with van der Waals surface area (Å²) >= 11 is 0. The van der Waals surface area contributed by atoms with Gasteiger partial charge in [-0.25, -0.2) is 13.2 Å². The van der Waals surface area contributed by atoms with Crippen LogP contribution in [0.2, 0.25) is 0 Å². The molecule has 0 spiro atoms. The van der Waals surface area contributed by atoms with Crippen LogP contribution in [0.4, 0.5) is 0 Å². The molecule has 1 N–H and O–H groups in total. The van der Waals surface area contributed by atoms with E-state index in [1.807, 2.05) is 0 Å². The Morgan fingerprint density at radius 2 is 2.14 bits per heavy atom. The van der Waals surface area contributed by atoms with E-state index in [0.29, 0.717) is 0 Å². The molecule has 0 aliphatic carbocycles. The van der Waals surface area contributed by atoms with Gasteiger partial charge in [-0.05, 0) is 18.2 Å². The van der Waals surface area contributed by atoms with Crippen molar-refractivity contribution in [3.8, 4) is 0 Å². The fourth-order valence-electron chi connectivity index (χ4n) is 0.777. The van der Waals surface area contributed by atoms with Gasteiger partial charge in [0.05, 0.1) is 0 Å². The number of carboxylic acids is 1. The summed E-state index contributed by atoms with van der Waals surface area (Å²) in [5.41, 5.74) is 0. The maximum absolute atomic E-state index is 11.0. The van der Waals surface area contributed by atoms with E-state index in [9.17, 15) is 13.2 Å². The molecular weight excluding hydrogens is 208 g/mol. The van der Waals surface area contributed by atoms with Gasteiger partial charge in [-0.3, -0.25) is 0 Å². The number of sulfone groups is 1. The molecule has 1 aromatic rings. The molecule has 0 aliphatic rings. The number of rotatable bonds is 3. The van der Waals surface area contributed by atoms with Crippen molar-refractivity contribution >= 4 is 21.9 Å².